The average Bonchev–Trinajstić information content (AvgIpc) is 3.29. The number of ether oxygens (including phenoxy) is 4. The number of carbonyl (C=O) groups is 4. The van der Waals surface area contributed by atoms with Crippen molar-refractivity contribution in [1.82, 2.24) is 4.90 Å². The Balaban J connectivity index is 1.54. The smallest absolute Gasteiger partial charge is 0.329 e. The van der Waals surface area contributed by atoms with Crippen LogP contribution in [0.1, 0.15) is 112 Å². The number of ketones is 2. The van der Waals surface area contributed by atoms with Crippen molar-refractivity contribution in [2.24, 2.45) is 29.6 Å². The number of aliphatic hydroxyl groups excluding tert-OH is 2. The van der Waals surface area contributed by atoms with Crippen molar-refractivity contribution in [3.05, 3.63) is 57.7 Å². The van der Waals surface area contributed by atoms with Crippen molar-refractivity contribution in [2.75, 3.05) is 20.8 Å². The van der Waals surface area contributed by atoms with E-state index in [2.05, 4.69) is 0 Å². The second-order valence-electron chi connectivity index (χ2n) is 19.2. The lowest BCUT2D eigenvalue weighted by molar-refractivity contribution is -0.387. The number of cyclic esters (lactones) is 1. The van der Waals surface area contributed by atoms with Crippen LogP contribution in [0.2, 0.25) is 0 Å². The molecule has 3 heterocycles. The largest absolute Gasteiger partial charge is 0.456 e. The summed E-state index contributed by atoms with van der Waals surface area (Å²) in [6, 6.07) is 3.68. The van der Waals surface area contributed by atoms with Crippen LogP contribution < -0.4 is 0 Å². The van der Waals surface area contributed by atoms with Crippen molar-refractivity contribution in [2.45, 2.75) is 171 Å². The Labute approximate surface area is 388 Å². The van der Waals surface area contributed by atoms with Gasteiger partial charge < -0.3 is 39.2 Å². The summed E-state index contributed by atoms with van der Waals surface area (Å²) in [4.78, 5) is 68.7. The van der Waals surface area contributed by atoms with Gasteiger partial charge in [0.1, 0.15) is 28.9 Å². The third-order valence-electron chi connectivity index (χ3n) is 14.4. The van der Waals surface area contributed by atoms with Gasteiger partial charge in [-0.05, 0) is 102 Å². The predicted molar refractivity (Wildman–Crippen MR) is 241 cm³/mol. The number of hydrogen-bond donors (Lipinski definition) is 3. The molecule has 4 aliphatic rings. The molecule has 1 aromatic rings. The van der Waals surface area contributed by atoms with Gasteiger partial charge in [-0.15, -0.1) is 0 Å². The first-order valence-electron chi connectivity index (χ1n) is 23.3. The molecule has 17 nitrogen and oxygen atoms in total. The van der Waals surface area contributed by atoms with E-state index in [4.69, 9.17) is 18.9 Å². The van der Waals surface area contributed by atoms with Crippen molar-refractivity contribution < 1.29 is 66.8 Å². The summed E-state index contributed by atoms with van der Waals surface area (Å²) in [7, 11) is -1.42. The molecule has 18 heteroatoms. The van der Waals surface area contributed by atoms with Crippen molar-refractivity contribution in [1.29, 1.82) is 0 Å². The van der Waals surface area contributed by atoms with Crippen molar-refractivity contribution >= 4 is 39.0 Å². The van der Waals surface area contributed by atoms with E-state index < -0.39 is 120 Å². The zero-order valence-electron chi connectivity index (χ0n) is 39.5. The Morgan fingerprint density at radius 1 is 0.970 bits per heavy atom. The fraction of sp³-hybridized carbons (Fsp3) is 0.708. The van der Waals surface area contributed by atoms with Gasteiger partial charge in [0.2, 0.25) is 5.79 Å². The van der Waals surface area contributed by atoms with Gasteiger partial charge in [0.25, 0.3) is 17.4 Å². The number of esters is 1. The molecule has 3 aliphatic heterocycles. The van der Waals surface area contributed by atoms with Gasteiger partial charge >= 0.3 is 5.97 Å². The third-order valence-corrected chi connectivity index (χ3v) is 16.6. The zero-order valence-corrected chi connectivity index (χ0v) is 40.3. The normalized spacial score (nSPS) is 36.4. The lowest BCUT2D eigenvalue weighted by Gasteiger charge is -2.47. The number of methoxy groups -OCH3 is 2. The molecule has 3 fully saturated rings. The number of fused-ring (bicyclic) bond motifs is 3. The van der Waals surface area contributed by atoms with Crippen LogP contribution in [0.4, 0.5) is 5.69 Å². The minimum Gasteiger partial charge on any atom is -0.456 e. The second kappa shape index (κ2) is 22.5. The number of Topliss-reactive ketones (excluding diaryl/α,β-unsaturated/α-hetero) is 2. The maximum Gasteiger partial charge on any atom is 0.329 e. The second-order valence-corrected chi connectivity index (χ2v) is 21.3. The van der Waals surface area contributed by atoms with Gasteiger partial charge in [-0.1, -0.05) is 57.6 Å². The molecule has 0 spiro atoms. The van der Waals surface area contributed by atoms with E-state index in [0.717, 1.165) is 22.6 Å². The summed E-state index contributed by atoms with van der Waals surface area (Å²) in [6.45, 7) is 10.7. The molecule has 66 heavy (non-hydrogen) atoms. The van der Waals surface area contributed by atoms with Crippen LogP contribution in [0.5, 0.6) is 0 Å². The molecule has 2 bridgehead atoms. The first kappa shape index (κ1) is 53.1. The molecule has 14 unspecified atom stereocenters. The topological polar surface area (TPSA) is 246 Å². The number of nitrogens with zero attached hydrogens (tertiary/aromatic N) is 2. The highest BCUT2D eigenvalue weighted by atomic mass is 32.2. The number of piperidine rings is 1. The van der Waals surface area contributed by atoms with Crippen LogP contribution >= 0.6 is 0 Å². The summed E-state index contributed by atoms with van der Waals surface area (Å²) >= 11 is 0. The average molecular weight is 947 g/mol. The number of sulfone groups is 1. The Bertz CT molecular complexity index is 2110. The van der Waals surface area contributed by atoms with E-state index >= 15 is 0 Å². The molecule has 1 aromatic carbocycles. The van der Waals surface area contributed by atoms with Crippen LogP contribution in [0.15, 0.2) is 52.5 Å². The number of nitro benzene ring substituents is 1. The molecule has 1 saturated carbocycles. The van der Waals surface area contributed by atoms with Crippen LogP contribution in [0.25, 0.3) is 0 Å². The maximum atomic E-state index is 14.5. The van der Waals surface area contributed by atoms with E-state index in [1.807, 2.05) is 26.8 Å². The molecule has 368 valence electrons. The number of rotatable bonds is 8. The van der Waals surface area contributed by atoms with Gasteiger partial charge in [-0.3, -0.25) is 24.5 Å². The van der Waals surface area contributed by atoms with Gasteiger partial charge in [-0.25, -0.2) is 13.2 Å². The number of nitro groups is 1. The molecule has 1 aliphatic carbocycles. The van der Waals surface area contributed by atoms with E-state index in [9.17, 15) is 53.0 Å². The van der Waals surface area contributed by atoms with Crippen LogP contribution in [0.3, 0.4) is 0 Å². The summed E-state index contributed by atoms with van der Waals surface area (Å²) in [5.74, 6) is -9.00. The fourth-order valence-electron chi connectivity index (χ4n) is 10.5. The summed E-state index contributed by atoms with van der Waals surface area (Å²) in [5.41, 5.74) is 0.713. The number of carbonyl (C=O) groups excluding carboxylic acids is 4. The lowest BCUT2D eigenvalue weighted by atomic mass is 9.82. The van der Waals surface area contributed by atoms with E-state index in [-0.39, 0.29) is 50.4 Å². The highest BCUT2D eigenvalue weighted by Crippen LogP contribution is 2.40. The van der Waals surface area contributed by atoms with Crippen LogP contribution in [-0.4, -0.2) is 131 Å². The minimum atomic E-state index is -4.42. The molecule has 14 atom stereocenters. The van der Waals surface area contributed by atoms with Crippen LogP contribution in [0, 0.1) is 39.7 Å². The highest BCUT2D eigenvalue weighted by molar-refractivity contribution is 7.92. The number of benzene rings is 1. The molecule has 3 N–H and O–H groups in total. The third kappa shape index (κ3) is 11.7. The van der Waals surface area contributed by atoms with Gasteiger partial charge in [0.05, 0.1) is 34.6 Å². The lowest BCUT2D eigenvalue weighted by Crippen LogP contribution is -2.64. The molecule has 0 radical (unpaired) electrons. The Hall–Kier alpha value is -3.91. The van der Waals surface area contributed by atoms with E-state index in [1.54, 1.807) is 26.8 Å². The first-order valence-corrected chi connectivity index (χ1v) is 24.9. The molecule has 2 saturated heterocycles. The number of amides is 1. The number of aliphatic hydroxyl groups is 3. The van der Waals surface area contributed by atoms with Gasteiger partial charge in [0.15, 0.2) is 9.84 Å². The predicted octanol–water partition coefficient (Wildman–Crippen LogP) is 5.21. The zero-order chi connectivity index (χ0) is 48.8. The summed E-state index contributed by atoms with van der Waals surface area (Å²) in [6.07, 6.45) is 0.112. The quantitative estimate of drug-likeness (QED) is 0.0996. The monoisotopic (exact) mass is 946 g/mol. The van der Waals surface area contributed by atoms with Gasteiger partial charge in [0, 0.05) is 51.0 Å². The Morgan fingerprint density at radius 2 is 1.64 bits per heavy atom. The van der Waals surface area contributed by atoms with Crippen molar-refractivity contribution in [3.63, 3.8) is 0 Å². The molecular formula is C48H70N2O15S. The van der Waals surface area contributed by atoms with E-state index in [0.29, 0.717) is 44.1 Å². The van der Waals surface area contributed by atoms with Crippen molar-refractivity contribution in [3.8, 4) is 0 Å². The molecule has 1 amide bonds. The molecule has 0 aromatic heterocycles. The summed E-state index contributed by atoms with van der Waals surface area (Å²) in [5, 5.41) is 45.3. The standard InChI is InChI=1S/C48H70N2O15S/c1-9-33-21-27(2)20-28(3)22-39(62-7)44-40(63-8)24-30(5)48(57,65-44)45(54)46(55)49-19-13-12-15-35(49)47(56)64-43(31(6)37(52)26-38(33)53)29(4)23-32-17-18-36(51)42(25-32)66(60,61)41-16-11-10-14-34(41)50(58)59/h10-11,14,16,21,23,28,30-33,35-37,39-40,42-44,51-52,57H,9,12-13,15,17-20,22,24-26H2,1-8H3. The SMILES string of the molecule is CCC1C=C(C)CC(C)CC(OC)C2OC(O)(C(=O)C(=O)N3CCCCC3C(=O)OC(C(C)=CC3CCC(O)C(S(=O)(=O)c4ccccc4[N+](=O)[O-])C3)C(C)C(O)CC1=O)C(C)CC2OC. The number of para-hydroxylation sites is 1. The Kier molecular flexibility index (Phi) is 18.1. The molecule has 5 rings (SSSR count). The minimum absolute atomic E-state index is 0.00605. The molecular weight excluding hydrogens is 877 g/mol. The van der Waals surface area contributed by atoms with Crippen LogP contribution in [-0.2, 0) is 48.0 Å². The number of hydrogen-bond acceptors (Lipinski definition) is 15. The first-order chi connectivity index (χ1) is 31.1. The Morgan fingerprint density at radius 3 is 2.29 bits per heavy atom. The summed E-state index contributed by atoms with van der Waals surface area (Å²) < 4.78 is 52.1. The van der Waals surface area contributed by atoms with E-state index in [1.165, 1.54) is 26.4 Å². The maximum absolute atomic E-state index is 14.5. The fourth-order valence-corrected chi connectivity index (χ4v) is 12.6. The van der Waals surface area contributed by atoms with Gasteiger partial charge in [-0.2, -0.15) is 0 Å². The highest BCUT2D eigenvalue weighted by Gasteiger charge is 2.57. The number of allylic oxidation sites excluding steroid dienone is 3.